The van der Waals surface area contributed by atoms with Crippen LogP contribution in [0.5, 0.6) is 0 Å². The quantitative estimate of drug-likeness (QED) is 0.662. The van der Waals surface area contributed by atoms with Crippen LogP contribution in [0.3, 0.4) is 0 Å². The summed E-state index contributed by atoms with van der Waals surface area (Å²) >= 11 is 0. The topological polar surface area (TPSA) is 37.3 Å². The second-order valence-corrected chi connectivity index (χ2v) is 2.43. The van der Waals surface area contributed by atoms with Gasteiger partial charge in [-0.1, -0.05) is 13.8 Å². The van der Waals surface area contributed by atoms with Crippen molar-refractivity contribution in [3.63, 3.8) is 0 Å². The molecule has 0 saturated heterocycles. The molecule has 3 heteroatoms. The maximum absolute atomic E-state index is 13.1. The van der Waals surface area contributed by atoms with Crippen molar-refractivity contribution in [2.24, 2.45) is 0 Å². The van der Waals surface area contributed by atoms with Crippen molar-refractivity contribution in [2.75, 3.05) is 0 Å². The Hall–Kier alpha value is -0.600. The van der Waals surface area contributed by atoms with Crippen molar-refractivity contribution in [1.82, 2.24) is 0 Å². The van der Waals surface area contributed by atoms with Gasteiger partial charge in [-0.2, -0.15) is 0 Å². The molecule has 0 aromatic rings. The number of hydrogen-bond acceptors (Lipinski definition) is 1. The lowest BCUT2D eigenvalue weighted by Gasteiger charge is -2.18. The third kappa shape index (κ3) is 2.80. The summed E-state index contributed by atoms with van der Waals surface area (Å²) in [6.45, 7) is 3.32. The molecule has 0 fully saturated rings. The van der Waals surface area contributed by atoms with E-state index in [1.807, 2.05) is 0 Å². The van der Waals surface area contributed by atoms with Crippen LogP contribution in [0.4, 0.5) is 4.39 Å². The van der Waals surface area contributed by atoms with Crippen molar-refractivity contribution >= 4 is 5.97 Å². The summed E-state index contributed by atoms with van der Waals surface area (Å²) in [6, 6.07) is 0. The van der Waals surface area contributed by atoms with Crippen molar-refractivity contribution in [3.05, 3.63) is 0 Å². The van der Waals surface area contributed by atoms with Crippen LogP contribution in [-0.4, -0.2) is 16.7 Å². The second-order valence-electron chi connectivity index (χ2n) is 2.43. The monoisotopic (exact) mass is 148 g/mol. The number of carboxylic acids is 1. The third-order valence-electron chi connectivity index (χ3n) is 1.74. The molecular formula is C7H13FO2. The highest BCUT2D eigenvalue weighted by Gasteiger charge is 2.27. The summed E-state index contributed by atoms with van der Waals surface area (Å²) in [5.41, 5.74) is -1.49. The highest BCUT2D eigenvalue weighted by atomic mass is 19.1. The van der Waals surface area contributed by atoms with Crippen molar-refractivity contribution in [2.45, 2.75) is 38.8 Å². The minimum absolute atomic E-state index is 0.274. The van der Waals surface area contributed by atoms with E-state index >= 15 is 0 Å². The van der Waals surface area contributed by atoms with E-state index < -0.39 is 11.6 Å². The molecule has 0 rings (SSSR count). The molecule has 0 unspecified atom stereocenters. The fourth-order valence-electron chi connectivity index (χ4n) is 0.771. The second kappa shape index (κ2) is 3.54. The Kier molecular flexibility index (Phi) is 3.33. The van der Waals surface area contributed by atoms with Crippen LogP contribution in [-0.2, 0) is 4.79 Å². The summed E-state index contributed by atoms with van der Waals surface area (Å²) in [4.78, 5) is 10.1. The van der Waals surface area contributed by atoms with Crippen LogP contribution in [0.1, 0.15) is 33.1 Å². The lowest BCUT2D eigenvalue weighted by Crippen LogP contribution is -2.24. The average Bonchev–Trinajstić information content (AvgIpc) is 1.87. The smallest absolute Gasteiger partial charge is 0.306 e. The molecule has 10 heavy (non-hydrogen) atoms. The number of halogens is 1. The maximum atomic E-state index is 13.1. The fourth-order valence-corrected chi connectivity index (χ4v) is 0.771. The van der Waals surface area contributed by atoms with Gasteiger partial charge >= 0.3 is 5.97 Å². The number of alkyl halides is 1. The number of aliphatic carboxylic acids is 1. The van der Waals surface area contributed by atoms with E-state index in [0.717, 1.165) is 0 Å². The van der Waals surface area contributed by atoms with Crippen molar-refractivity contribution in [1.29, 1.82) is 0 Å². The fraction of sp³-hybridized carbons (Fsp3) is 0.857. The predicted molar refractivity (Wildman–Crippen MR) is 36.7 cm³/mol. The minimum Gasteiger partial charge on any atom is -0.481 e. The molecule has 0 atom stereocenters. The molecule has 0 spiro atoms. The largest absolute Gasteiger partial charge is 0.481 e. The van der Waals surface area contributed by atoms with Crippen LogP contribution >= 0.6 is 0 Å². The number of carbonyl (C=O) groups is 1. The van der Waals surface area contributed by atoms with Crippen LogP contribution < -0.4 is 0 Å². The van der Waals surface area contributed by atoms with E-state index in [-0.39, 0.29) is 19.3 Å². The zero-order valence-electron chi connectivity index (χ0n) is 6.35. The van der Waals surface area contributed by atoms with Crippen molar-refractivity contribution < 1.29 is 14.3 Å². The van der Waals surface area contributed by atoms with Crippen molar-refractivity contribution in [3.8, 4) is 0 Å². The van der Waals surface area contributed by atoms with Gasteiger partial charge in [-0.25, -0.2) is 4.39 Å². The first kappa shape index (κ1) is 9.40. The van der Waals surface area contributed by atoms with Crippen LogP contribution in [0.25, 0.3) is 0 Å². The van der Waals surface area contributed by atoms with Gasteiger partial charge in [0.25, 0.3) is 0 Å². The Bertz CT molecular complexity index is 119. The molecule has 0 aliphatic carbocycles. The van der Waals surface area contributed by atoms with E-state index in [4.69, 9.17) is 5.11 Å². The zero-order valence-corrected chi connectivity index (χ0v) is 6.35. The van der Waals surface area contributed by atoms with Gasteiger partial charge in [0.2, 0.25) is 0 Å². The summed E-state index contributed by atoms with van der Waals surface area (Å²) in [5.74, 6) is -1.06. The molecule has 0 amide bonds. The molecule has 0 aliphatic rings. The molecule has 0 saturated carbocycles. The van der Waals surface area contributed by atoms with E-state index in [1.165, 1.54) is 0 Å². The number of hydrogen-bond donors (Lipinski definition) is 1. The van der Waals surface area contributed by atoms with Gasteiger partial charge in [-0.05, 0) is 12.8 Å². The Balaban J connectivity index is 3.92. The lowest BCUT2D eigenvalue weighted by atomic mass is 9.96. The first-order valence-electron chi connectivity index (χ1n) is 3.45. The molecule has 2 nitrogen and oxygen atoms in total. The summed E-state index contributed by atoms with van der Waals surface area (Å²) in [6.07, 6.45) is 0.172. The lowest BCUT2D eigenvalue weighted by molar-refractivity contribution is -0.140. The minimum atomic E-state index is -1.49. The van der Waals surface area contributed by atoms with Crippen LogP contribution in [0.2, 0.25) is 0 Å². The van der Waals surface area contributed by atoms with Crippen LogP contribution in [0.15, 0.2) is 0 Å². The molecule has 60 valence electrons. The molecule has 0 radical (unpaired) electrons. The molecule has 0 aromatic carbocycles. The van der Waals surface area contributed by atoms with Gasteiger partial charge in [0.15, 0.2) is 0 Å². The van der Waals surface area contributed by atoms with Gasteiger partial charge in [-0.3, -0.25) is 4.79 Å². The molecule has 0 aromatic heterocycles. The molecule has 0 bridgehead atoms. The zero-order chi connectivity index (χ0) is 8.20. The molecule has 0 aliphatic heterocycles. The third-order valence-corrected chi connectivity index (χ3v) is 1.74. The Labute approximate surface area is 60.1 Å². The van der Waals surface area contributed by atoms with E-state index in [0.29, 0.717) is 0 Å². The first-order valence-corrected chi connectivity index (χ1v) is 3.45. The maximum Gasteiger partial charge on any atom is 0.306 e. The average molecular weight is 148 g/mol. The SMILES string of the molecule is CCC(F)(CC)CC(=O)O. The van der Waals surface area contributed by atoms with E-state index in [1.54, 1.807) is 13.8 Å². The highest BCUT2D eigenvalue weighted by Crippen LogP contribution is 2.24. The predicted octanol–water partition coefficient (Wildman–Crippen LogP) is 1.99. The van der Waals surface area contributed by atoms with E-state index in [2.05, 4.69) is 0 Å². The van der Waals surface area contributed by atoms with Gasteiger partial charge in [0.05, 0.1) is 6.42 Å². The van der Waals surface area contributed by atoms with Gasteiger partial charge in [0.1, 0.15) is 5.67 Å². The summed E-state index contributed by atoms with van der Waals surface area (Å²) in [7, 11) is 0. The Morgan fingerprint density at radius 1 is 1.50 bits per heavy atom. The normalized spacial score (nSPS) is 11.5. The van der Waals surface area contributed by atoms with Gasteiger partial charge < -0.3 is 5.11 Å². The van der Waals surface area contributed by atoms with Crippen LogP contribution in [0, 0.1) is 0 Å². The number of rotatable bonds is 4. The van der Waals surface area contributed by atoms with E-state index in [9.17, 15) is 9.18 Å². The molecule has 1 N–H and O–H groups in total. The summed E-state index contributed by atoms with van der Waals surface area (Å²) < 4.78 is 13.1. The number of carboxylic acid groups (broad SMARTS) is 1. The van der Waals surface area contributed by atoms with Gasteiger partial charge in [-0.15, -0.1) is 0 Å². The summed E-state index contributed by atoms with van der Waals surface area (Å²) in [5, 5.41) is 8.27. The Morgan fingerprint density at radius 3 is 2.00 bits per heavy atom. The Morgan fingerprint density at radius 2 is 1.90 bits per heavy atom. The first-order chi connectivity index (χ1) is 4.54. The standard InChI is InChI=1S/C7H13FO2/c1-3-7(8,4-2)5-6(9)10/h3-5H2,1-2H3,(H,9,10). The highest BCUT2D eigenvalue weighted by molar-refractivity contribution is 5.68. The van der Waals surface area contributed by atoms with Gasteiger partial charge in [0, 0.05) is 0 Å². The molecule has 0 heterocycles. The molecular weight excluding hydrogens is 135 g/mol.